The summed E-state index contributed by atoms with van der Waals surface area (Å²) >= 11 is 0. The molecule has 3 rings (SSSR count). The van der Waals surface area contributed by atoms with Crippen molar-refractivity contribution in [2.24, 2.45) is 0 Å². The van der Waals surface area contributed by atoms with Crippen LogP contribution >= 0.6 is 0 Å². The molecule has 21 heavy (non-hydrogen) atoms. The first kappa shape index (κ1) is 8.71. The maximum Gasteiger partial charge on any atom is 0.264 e. The summed E-state index contributed by atoms with van der Waals surface area (Å²) in [4.78, 5) is 41.2. The third kappa shape index (κ3) is 2.12. The topological polar surface area (TPSA) is 95.0 Å². The van der Waals surface area contributed by atoms with Crippen molar-refractivity contribution in [3.63, 3.8) is 0 Å². The van der Waals surface area contributed by atoms with E-state index in [-0.39, 0.29) is 16.6 Å². The van der Waals surface area contributed by atoms with Crippen LogP contribution in [0.4, 0.5) is 5.69 Å². The Morgan fingerprint density at radius 3 is 3.05 bits per heavy atom. The number of aromatic nitrogens is 2. The predicted molar refractivity (Wildman–Crippen MR) is 78.1 cm³/mol. The molecule has 3 unspecified atom stereocenters. The number of Topliss-reactive ketones (excluding diaryl/α,β-unsaturated/α-hetero) is 2. The zero-order valence-corrected chi connectivity index (χ0v) is 10.9. The van der Waals surface area contributed by atoms with E-state index in [0.29, 0.717) is 4.57 Å². The van der Waals surface area contributed by atoms with Crippen molar-refractivity contribution in [3.8, 4) is 0 Å². The summed E-state index contributed by atoms with van der Waals surface area (Å²) in [5.41, 5.74) is 4.98. The highest BCUT2D eigenvalue weighted by molar-refractivity contribution is 6.03. The highest BCUT2D eigenvalue weighted by Gasteiger charge is 2.30. The second-order valence-electron chi connectivity index (χ2n) is 4.64. The molecule has 1 heterocycles. The number of hydrogen-bond acceptors (Lipinski definition) is 5. The van der Waals surface area contributed by atoms with E-state index in [1.54, 1.807) is 0 Å². The largest absolute Gasteiger partial charge is 0.398 e. The molecule has 6 heteroatoms. The fraction of sp³-hybridized carbons (Fsp3) is 0.333. The second-order valence-corrected chi connectivity index (χ2v) is 4.64. The van der Waals surface area contributed by atoms with Gasteiger partial charge in [0, 0.05) is 17.6 Å². The Balaban J connectivity index is 2.43. The number of rotatable bonds is 1. The lowest BCUT2D eigenvalue weighted by Gasteiger charge is -2.24. The van der Waals surface area contributed by atoms with Crippen LogP contribution in [0, 0.1) is 6.88 Å². The molecule has 1 aliphatic rings. The van der Waals surface area contributed by atoms with E-state index < -0.39 is 55.1 Å². The minimum absolute atomic E-state index is 0.0266. The van der Waals surface area contributed by atoms with Crippen molar-refractivity contribution in [2.45, 2.75) is 32.1 Å². The van der Waals surface area contributed by atoms with Crippen molar-refractivity contribution in [1.29, 1.82) is 0 Å². The standard InChI is InChI=1S/C15H15N3O3/c1-8-17-11-4-2-3-10(16)14(11)15(21)18(8)12-6-5-9(19)7-13(12)20/h2-4,12H,5-7,16H2,1H3/i1D2,5D,6D,12D. The first-order valence-electron chi connectivity index (χ1n) is 8.98. The molecule has 1 aliphatic carbocycles. The lowest BCUT2D eigenvalue weighted by atomic mass is 9.92. The maximum atomic E-state index is 13.0. The van der Waals surface area contributed by atoms with Gasteiger partial charge in [-0.25, -0.2) is 4.98 Å². The van der Waals surface area contributed by atoms with Crippen LogP contribution in [-0.4, -0.2) is 21.1 Å². The molecular weight excluding hydrogens is 270 g/mol. The summed E-state index contributed by atoms with van der Waals surface area (Å²) in [6.45, 7) is -1.84. The van der Waals surface area contributed by atoms with Crippen LogP contribution in [0.1, 0.15) is 37.9 Å². The Labute approximate surface area is 127 Å². The zero-order chi connectivity index (χ0) is 19.4. The van der Waals surface area contributed by atoms with Crippen molar-refractivity contribution in [3.05, 3.63) is 34.4 Å². The summed E-state index contributed by atoms with van der Waals surface area (Å²) in [5, 5.41) is -0.109. The molecule has 0 bridgehead atoms. The number of carbonyl (C=O) groups is 2. The minimum Gasteiger partial charge on any atom is -0.398 e. The van der Waals surface area contributed by atoms with Gasteiger partial charge in [-0.2, -0.15) is 0 Å². The Kier molecular flexibility index (Phi) is 1.99. The van der Waals surface area contributed by atoms with Crippen LogP contribution in [0.3, 0.4) is 0 Å². The number of benzene rings is 1. The highest BCUT2D eigenvalue weighted by atomic mass is 16.2. The van der Waals surface area contributed by atoms with Crippen molar-refractivity contribution < 1.29 is 16.4 Å². The van der Waals surface area contributed by atoms with Crippen molar-refractivity contribution in [1.82, 2.24) is 9.55 Å². The van der Waals surface area contributed by atoms with Crippen LogP contribution in [0.5, 0.6) is 0 Å². The molecular formula is C15H15N3O3. The van der Waals surface area contributed by atoms with E-state index in [9.17, 15) is 14.4 Å². The molecule has 0 saturated heterocycles. The first-order chi connectivity index (χ1) is 12.1. The molecule has 6 nitrogen and oxygen atoms in total. The summed E-state index contributed by atoms with van der Waals surface area (Å²) < 4.78 is 40.2. The van der Waals surface area contributed by atoms with E-state index in [0.717, 1.165) is 0 Å². The molecule has 1 saturated carbocycles. The van der Waals surface area contributed by atoms with Gasteiger partial charge in [0.25, 0.3) is 5.56 Å². The van der Waals surface area contributed by atoms with Gasteiger partial charge in [-0.1, -0.05) is 6.07 Å². The van der Waals surface area contributed by atoms with Crippen LogP contribution in [0.2, 0.25) is 0 Å². The average Bonchev–Trinajstić information content (AvgIpc) is 2.58. The summed E-state index contributed by atoms with van der Waals surface area (Å²) in [7, 11) is 0. The SMILES string of the molecule is [2H]C([2H])c1nc2cccc(N)c2c(=O)n1C1([2H])C(=O)CC(=O)C([2H])C1[2H]. The van der Waals surface area contributed by atoms with Crippen LogP contribution in [0.15, 0.2) is 23.0 Å². The van der Waals surface area contributed by atoms with E-state index in [2.05, 4.69) is 4.98 Å². The Morgan fingerprint density at radius 1 is 1.48 bits per heavy atom. The van der Waals surface area contributed by atoms with E-state index in [1.807, 2.05) is 0 Å². The van der Waals surface area contributed by atoms with Crippen LogP contribution in [0.25, 0.3) is 10.9 Å². The van der Waals surface area contributed by atoms with Gasteiger partial charge in [-0.05, 0) is 25.4 Å². The van der Waals surface area contributed by atoms with Gasteiger partial charge in [-0.15, -0.1) is 0 Å². The summed E-state index contributed by atoms with van der Waals surface area (Å²) in [5.74, 6) is -2.38. The molecule has 2 aromatic rings. The smallest absolute Gasteiger partial charge is 0.264 e. The number of aryl methyl sites for hydroxylation is 1. The fourth-order valence-electron chi connectivity index (χ4n) is 2.28. The highest BCUT2D eigenvalue weighted by Crippen LogP contribution is 2.24. The lowest BCUT2D eigenvalue weighted by molar-refractivity contribution is -0.132. The van der Waals surface area contributed by atoms with Crippen molar-refractivity contribution in [2.75, 3.05) is 5.73 Å². The Hall–Kier alpha value is -2.50. The quantitative estimate of drug-likeness (QED) is 0.628. The van der Waals surface area contributed by atoms with Crippen molar-refractivity contribution >= 4 is 28.2 Å². The number of carbonyl (C=O) groups excluding carboxylic acids is 2. The second kappa shape index (κ2) is 4.80. The predicted octanol–water partition coefficient (Wildman–Crippen LogP) is 1.15. The average molecular weight is 290 g/mol. The zero-order valence-electron chi connectivity index (χ0n) is 15.9. The molecule has 1 fully saturated rings. The fourth-order valence-corrected chi connectivity index (χ4v) is 2.28. The van der Waals surface area contributed by atoms with Crippen LogP contribution in [-0.2, 0) is 9.59 Å². The van der Waals surface area contributed by atoms with Gasteiger partial charge in [-0.3, -0.25) is 19.0 Å². The molecule has 0 amide bonds. The molecule has 108 valence electrons. The number of nitrogens with two attached hydrogens (primary N) is 1. The summed E-state index contributed by atoms with van der Waals surface area (Å²) in [6.07, 6.45) is -4.39. The number of nitrogen functional groups attached to an aromatic ring is 1. The number of nitrogens with zero attached hydrogens (tertiary/aromatic N) is 2. The minimum atomic E-state index is -2.64. The van der Waals surface area contributed by atoms with Gasteiger partial charge in [0.15, 0.2) is 5.78 Å². The molecule has 0 spiro atoms. The van der Waals surface area contributed by atoms with E-state index in [4.69, 9.17) is 12.6 Å². The van der Waals surface area contributed by atoms with Gasteiger partial charge in [0.05, 0.1) is 24.7 Å². The Morgan fingerprint density at radius 2 is 2.29 bits per heavy atom. The number of fused-ring (bicyclic) bond motifs is 1. The van der Waals surface area contributed by atoms with Gasteiger partial charge < -0.3 is 5.73 Å². The maximum absolute atomic E-state index is 13.0. The van der Waals surface area contributed by atoms with Gasteiger partial charge >= 0.3 is 0 Å². The number of hydrogen-bond donors (Lipinski definition) is 1. The first-order valence-corrected chi connectivity index (χ1v) is 6.17. The molecule has 1 aromatic heterocycles. The summed E-state index contributed by atoms with van der Waals surface area (Å²) in [6, 6.07) is 1.74. The molecule has 3 atom stereocenters. The van der Waals surface area contributed by atoms with E-state index in [1.165, 1.54) is 18.2 Å². The Bertz CT molecular complexity index is 992. The number of ketones is 2. The third-order valence-electron chi connectivity index (χ3n) is 3.24. The molecule has 0 aliphatic heterocycles. The number of anilines is 1. The molecule has 1 aromatic carbocycles. The molecule has 2 N–H and O–H groups in total. The van der Waals surface area contributed by atoms with Crippen LogP contribution < -0.4 is 11.3 Å². The monoisotopic (exact) mass is 290 g/mol. The van der Waals surface area contributed by atoms with Gasteiger partial charge in [0.2, 0.25) is 0 Å². The van der Waals surface area contributed by atoms with Gasteiger partial charge in [0.1, 0.15) is 11.6 Å². The molecule has 0 radical (unpaired) electrons. The lowest BCUT2D eigenvalue weighted by Crippen LogP contribution is -2.36. The normalized spacial score (nSPS) is 33.3. The third-order valence-corrected chi connectivity index (χ3v) is 3.24. The van der Waals surface area contributed by atoms with E-state index >= 15 is 0 Å².